The predicted octanol–water partition coefficient (Wildman–Crippen LogP) is 10.6. The van der Waals surface area contributed by atoms with Gasteiger partial charge in [0, 0.05) is 24.3 Å². The lowest BCUT2D eigenvalue weighted by Crippen LogP contribution is -2.33. The average Bonchev–Trinajstić information content (AvgIpc) is 3.82. The molecule has 7 aromatic carbocycles. The van der Waals surface area contributed by atoms with Gasteiger partial charge in [-0.1, -0.05) is 146 Å². The second kappa shape index (κ2) is 19.1. The standard InChI is InChI=1S/C54H50N4O4/c59-41(35-57(39-17-3-1-4-18-39)55-33-31-51-47-25-11-7-21-43(47)44-22-8-12-26-48(44)51)37-61-53-29-15-16-30-54(53)62-38-42(60)36-58(40-19-5-2-6-20-40)56-34-32-52-49-27-13-9-23-45(49)46-24-10-14-28-50(46)52/h1-30,33-34,41-42,51-52,59-60H,31-32,35-38H2/b55-33+,56-34+. The molecular formula is C54H50N4O4. The summed E-state index contributed by atoms with van der Waals surface area (Å²) in [5.74, 6) is 1.37. The van der Waals surface area contributed by atoms with Crippen molar-refractivity contribution in [2.75, 3.05) is 36.3 Å². The molecule has 8 heteroatoms. The van der Waals surface area contributed by atoms with Crippen molar-refractivity contribution in [2.45, 2.75) is 36.9 Å². The van der Waals surface area contributed by atoms with E-state index >= 15 is 0 Å². The lowest BCUT2D eigenvalue weighted by atomic mass is 9.94. The smallest absolute Gasteiger partial charge is 0.161 e. The molecule has 2 unspecified atom stereocenters. The van der Waals surface area contributed by atoms with Crippen LogP contribution in [0.1, 0.15) is 46.9 Å². The first-order chi connectivity index (χ1) is 30.6. The van der Waals surface area contributed by atoms with Crippen LogP contribution in [-0.2, 0) is 0 Å². The summed E-state index contributed by atoms with van der Waals surface area (Å²) in [4.78, 5) is 0. The molecule has 2 aliphatic rings. The number of hydrogen-bond donors (Lipinski definition) is 2. The number of hydrogen-bond acceptors (Lipinski definition) is 8. The van der Waals surface area contributed by atoms with Gasteiger partial charge in [0.25, 0.3) is 0 Å². The van der Waals surface area contributed by atoms with Gasteiger partial charge in [0.15, 0.2) is 11.5 Å². The summed E-state index contributed by atoms with van der Waals surface area (Å²) in [6.45, 7) is 0.459. The van der Waals surface area contributed by atoms with Crippen molar-refractivity contribution < 1.29 is 19.7 Å². The lowest BCUT2D eigenvalue weighted by Gasteiger charge is -2.24. The van der Waals surface area contributed by atoms with Crippen LogP contribution in [0.2, 0.25) is 0 Å². The van der Waals surface area contributed by atoms with Gasteiger partial charge in [0.05, 0.1) is 24.5 Å². The Morgan fingerprint density at radius 1 is 0.419 bits per heavy atom. The van der Waals surface area contributed by atoms with Crippen molar-refractivity contribution in [3.05, 3.63) is 204 Å². The van der Waals surface area contributed by atoms with Gasteiger partial charge in [0.2, 0.25) is 0 Å². The highest BCUT2D eigenvalue weighted by Crippen LogP contribution is 2.47. The number of benzene rings is 7. The second-order valence-corrected chi connectivity index (χ2v) is 15.7. The van der Waals surface area contributed by atoms with Gasteiger partial charge < -0.3 is 19.7 Å². The molecule has 0 amide bonds. The van der Waals surface area contributed by atoms with Gasteiger partial charge in [-0.2, -0.15) is 10.2 Å². The van der Waals surface area contributed by atoms with E-state index in [9.17, 15) is 10.2 Å². The summed E-state index contributed by atoms with van der Waals surface area (Å²) in [5.41, 5.74) is 12.1. The third-order valence-corrected chi connectivity index (χ3v) is 11.6. The Hall–Kier alpha value is -7.00. The highest BCUT2D eigenvalue weighted by atomic mass is 16.5. The minimum Gasteiger partial charge on any atom is -0.487 e. The van der Waals surface area contributed by atoms with Gasteiger partial charge in [-0.3, -0.25) is 10.0 Å². The molecule has 310 valence electrons. The maximum absolute atomic E-state index is 11.3. The number of rotatable bonds is 18. The quantitative estimate of drug-likeness (QED) is 0.0662. The molecule has 62 heavy (non-hydrogen) atoms. The molecule has 0 saturated carbocycles. The minimum absolute atomic E-state index is 0.0115. The normalized spacial score (nSPS) is 14.0. The van der Waals surface area contributed by atoms with Crippen LogP contribution in [0.3, 0.4) is 0 Å². The van der Waals surface area contributed by atoms with Crippen LogP contribution >= 0.6 is 0 Å². The zero-order chi connectivity index (χ0) is 42.1. The third-order valence-electron chi connectivity index (χ3n) is 11.6. The molecule has 9 rings (SSSR count). The van der Waals surface area contributed by atoms with Gasteiger partial charge in [-0.25, -0.2) is 0 Å². The Morgan fingerprint density at radius 3 is 1.08 bits per heavy atom. The molecular weight excluding hydrogens is 769 g/mol. The fraction of sp³-hybridized carbons (Fsp3) is 0.185. The van der Waals surface area contributed by atoms with Gasteiger partial charge in [-0.15, -0.1) is 0 Å². The van der Waals surface area contributed by atoms with Gasteiger partial charge in [0.1, 0.15) is 25.4 Å². The summed E-state index contributed by atoms with van der Waals surface area (Å²) in [6.07, 6.45) is 3.61. The number of aliphatic hydroxyl groups excluding tert-OH is 2. The molecule has 0 saturated heterocycles. The highest BCUT2D eigenvalue weighted by molar-refractivity contribution is 5.82. The Kier molecular flexibility index (Phi) is 12.5. The average molecular weight is 819 g/mol. The Morgan fingerprint density at radius 2 is 0.726 bits per heavy atom. The van der Waals surface area contributed by atoms with Crippen LogP contribution in [0.4, 0.5) is 11.4 Å². The molecule has 7 aromatic rings. The molecule has 0 radical (unpaired) electrons. The van der Waals surface area contributed by atoms with Crippen molar-refractivity contribution in [1.29, 1.82) is 0 Å². The van der Waals surface area contributed by atoms with Crippen LogP contribution in [0.15, 0.2) is 192 Å². The van der Waals surface area contributed by atoms with E-state index < -0.39 is 12.2 Å². The molecule has 0 fully saturated rings. The number of para-hydroxylation sites is 4. The molecule has 2 aliphatic carbocycles. The van der Waals surface area contributed by atoms with E-state index in [0.717, 1.165) is 24.2 Å². The van der Waals surface area contributed by atoms with E-state index in [1.807, 2.05) is 95.2 Å². The van der Waals surface area contributed by atoms with Crippen LogP contribution in [0.5, 0.6) is 11.5 Å². The van der Waals surface area contributed by atoms with Crippen LogP contribution in [0.25, 0.3) is 22.3 Å². The van der Waals surface area contributed by atoms with E-state index in [1.165, 1.54) is 44.5 Å². The summed E-state index contributed by atoms with van der Waals surface area (Å²) in [5, 5.41) is 36.1. The molecule has 2 atom stereocenters. The molecule has 8 nitrogen and oxygen atoms in total. The molecule has 0 aliphatic heterocycles. The van der Waals surface area contributed by atoms with Crippen LogP contribution < -0.4 is 19.5 Å². The first kappa shape index (κ1) is 40.4. The summed E-state index contributed by atoms with van der Waals surface area (Å²) in [7, 11) is 0. The highest BCUT2D eigenvalue weighted by Gasteiger charge is 2.29. The second-order valence-electron chi connectivity index (χ2n) is 15.7. The fourth-order valence-corrected chi connectivity index (χ4v) is 8.73. The molecule has 0 spiro atoms. The van der Waals surface area contributed by atoms with Crippen LogP contribution in [-0.4, -0.2) is 61.2 Å². The summed E-state index contributed by atoms with van der Waals surface area (Å²) < 4.78 is 12.3. The molecule has 0 heterocycles. The zero-order valence-corrected chi connectivity index (χ0v) is 34.5. The van der Waals surface area contributed by atoms with E-state index in [1.54, 1.807) is 12.1 Å². The van der Waals surface area contributed by atoms with Crippen molar-refractivity contribution in [3.63, 3.8) is 0 Å². The number of fused-ring (bicyclic) bond motifs is 6. The first-order valence-corrected chi connectivity index (χ1v) is 21.4. The topological polar surface area (TPSA) is 90.1 Å². The number of ether oxygens (including phenoxy) is 2. The molecule has 0 bridgehead atoms. The van der Waals surface area contributed by atoms with E-state index in [2.05, 4.69) is 97.1 Å². The maximum Gasteiger partial charge on any atom is 0.161 e. The number of hydrazone groups is 2. The van der Waals surface area contributed by atoms with Gasteiger partial charge >= 0.3 is 0 Å². The molecule has 2 N–H and O–H groups in total. The first-order valence-electron chi connectivity index (χ1n) is 21.4. The fourth-order valence-electron chi connectivity index (χ4n) is 8.73. The van der Waals surface area contributed by atoms with E-state index in [-0.39, 0.29) is 38.1 Å². The van der Waals surface area contributed by atoms with E-state index in [0.29, 0.717) is 11.5 Å². The SMILES string of the molecule is OC(COc1ccccc1OCC(O)CN(/N=C/CC1c2ccccc2-c2ccccc21)c1ccccc1)CN(/N=C/CC1c2ccccc2-c2ccccc21)c1ccccc1. The number of aliphatic hydroxyl groups is 2. The monoisotopic (exact) mass is 818 g/mol. The zero-order valence-electron chi connectivity index (χ0n) is 34.5. The summed E-state index contributed by atoms with van der Waals surface area (Å²) in [6, 6.07) is 61.4. The minimum atomic E-state index is -0.873. The summed E-state index contributed by atoms with van der Waals surface area (Å²) >= 11 is 0. The van der Waals surface area contributed by atoms with Crippen molar-refractivity contribution in [3.8, 4) is 33.8 Å². The number of nitrogens with zero attached hydrogens (tertiary/aromatic N) is 4. The van der Waals surface area contributed by atoms with Crippen molar-refractivity contribution >= 4 is 23.8 Å². The third kappa shape index (κ3) is 9.03. The lowest BCUT2D eigenvalue weighted by molar-refractivity contribution is 0.0977. The number of anilines is 2. The Labute approximate surface area is 363 Å². The van der Waals surface area contributed by atoms with Crippen LogP contribution in [0, 0.1) is 0 Å². The van der Waals surface area contributed by atoms with E-state index in [4.69, 9.17) is 19.7 Å². The predicted molar refractivity (Wildman–Crippen MR) is 251 cm³/mol. The Balaban J connectivity index is 0.818. The molecule has 0 aromatic heterocycles. The van der Waals surface area contributed by atoms with Crippen molar-refractivity contribution in [2.24, 2.45) is 10.2 Å². The van der Waals surface area contributed by atoms with Gasteiger partial charge in [-0.05, 0) is 93.7 Å². The Bertz CT molecular complexity index is 2360. The maximum atomic E-state index is 11.3. The largest absolute Gasteiger partial charge is 0.487 e. The van der Waals surface area contributed by atoms with Crippen molar-refractivity contribution in [1.82, 2.24) is 0 Å².